The molecule has 3 aromatic carbocycles. The quantitative estimate of drug-likeness (QED) is 0.229. The molecule has 0 radical (unpaired) electrons. The van der Waals surface area contributed by atoms with Crippen molar-refractivity contribution in [2.24, 2.45) is 0 Å². The summed E-state index contributed by atoms with van der Waals surface area (Å²) in [5.74, 6) is -0.762. The summed E-state index contributed by atoms with van der Waals surface area (Å²) < 4.78 is 0. The fourth-order valence-electron chi connectivity index (χ4n) is 2.19. The molecular weight excluding hydrogens is 370 g/mol. The molecule has 0 saturated heterocycles. The average Bonchev–Trinajstić information content (AvgIpc) is 3.30. The molecular formula is C21H19FeNO3-6. The monoisotopic (exact) mass is 389 g/mol. The Labute approximate surface area is 163 Å². The third-order valence-corrected chi connectivity index (χ3v) is 3.40. The number of nitrogens with one attached hydrogen (secondary N) is 1. The Balaban J connectivity index is 0.000000486. The molecule has 0 aliphatic carbocycles. The van der Waals surface area contributed by atoms with Gasteiger partial charge in [-0.25, -0.2) is 0 Å². The Hall–Kier alpha value is -2.88. The Morgan fingerprint density at radius 2 is 1.62 bits per heavy atom. The second kappa shape index (κ2) is 10.2. The van der Waals surface area contributed by atoms with Crippen LogP contribution in [0.4, 0.5) is 5.69 Å². The summed E-state index contributed by atoms with van der Waals surface area (Å²) in [6.07, 6.45) is 0. The molecule has 0 heterocycles. The van der Waals surface area contributed by atoms with E-state index < -0.39 is 0 Å². The van der Waals surface area contributed by atoms with Gasteiger partial charge >= 0.3 is 0 Å². The van der Waals surface area contributed by atoms with Gasteiger partial charge in [0.05, 0.1) is 0 Å². The number of anilines is 1. The summed E-state index contributed by atoms with van der Waals surface area (Å²) >= 11 is 0. The van der Waals surface area contributed by atoms with Crippen LogP contribution in [-0.4, -0.2) is 16.8 Å². The van der Waals surface area contributed by atoms with Gasteiger partial charge in [0.25, 0.3) is 0 Å². The van der Waals surface area contributed by atoms with Crippen molar-refractivity contribution in [3.8, 4) is 5.75 Å². The van der Waals surface area contributed by atoms with Gasteiger partial charge in [0.1, 0.15) is 11.5 Å². The number of ketones is 1. The van der Waals surface area contributed by atoms with Crippen molar-refractivity contribution in [3.05, 3.63) is 90.5 Å². The van der Waals surface area contributed by atoms with E-state index >= 15 is 0 Å². The van der Waals surface area contributed by atoms with E-state index in [-0.39, 0.29) is 40.1 Å². The van der Waals surface area contributed by atoms with Crippen molar-refractivity contribution < 1.29 is 31.8 Å². The zero-order valence-electron chi connectivity index (χ0n) is 14.3. The average molecular weight is 389 g/mol. The van der Waals surface area contributed by atoms with Crippen LogP contribution in [0.5, 0.6) is 5.75 Å². The summed E-state index contributed by atoms with van der Waals surface area (Å²) in [5, 5.41) is 12.4. The number of carbonyl (C=O) groups is 2. The smallest absolute Gasteiger partial charge is 0.221 e. The first-order valence-corrected chi connectivity index (χ1v) is 7.72. The maximum absolute atomic E-state index is 12.3. The molecule has 0 aromatic heterocycles. The third-order valence-electron chi connectivity index (χ3n) is 3.40. The molecule has 5 heteroatoms. The molecule has 0 bridgehead atoms. The summed E-state index contributed by atoms with van der Waals surface area (Å²) in [5.41, 5.74) is 1.57. The van der Waals surface area contributed by atoms with Gasteiger partial charge < -0.3 is 45.5 Å². The molecule has 0 atom stereocenters. The van der Waals surface area contributed by atoms with Gasteiger partial charge in [-0.3, -0.25) is 4.79 Å². The predicted molar refractivity (Wildman–Crippen MR) is 99.8 cm³/mol. The molecule has 0 spiro atoms. The van der Waals surface area contributed by atoms with Crippen molar-refractivity contribution in [1.82, 2.24) is 0 Å². The number of phenolic OH excluding ortho intramolecular Hbond substituents is 1. The first kappa shape index (κ1) is 21.2. The molecule has 0 aliphatic heterocycles. The third kappa shape index (κ3) is 5.88. The van der Waals surface area contributed by atoms with Crippen LogP contribution >= 0.6 is 0 Å². The molecule has 0 fully saturated rings. The number of phenols is 1. The van der Waals surface area contributed by atoms with Gasteiger partial charge in [-0.1, -0.05) is 11.1 Å². The van der Waals surface area contributed by atoms with Gasteiger partial charge in [0.2, 0.25) is 5.91 Å². The Bertz CT molecular complexity index is 832. The number of carbonyl (C=O) groups excluding carboxylic acids is 2. The number of rotatable bonds is 4. The number of hydrogen-bond acceptors (Lipinski definition) is 3. The minimum absolute atomic E-state index is 0. The second-order valence-corrected chi connectivity index (χ2v) is 5.36. The van der Waals surface area contributed by atoms with Gasteiger partial charge in [-0.15, -0.1) is 12.1 Å². The summed E-state index contributed by atoms with van der Waals surface area (Å²) in [4.78, 5) is 23.4. The van der Waals surface area contributed by atoms with E-state index in [0.717, 1.165) is 0 Å². The number of hydrogen-bond donors (Lipinski definition) is 2. The normalized spacial score (nSPS) is 9.27. The van der Waals surface area contributed by atoms with Crippen molar-refractivity contribution in [2.45, 2.75) is 6.92 Å². The van der Waals surface area contributed by atoms with Crippen LogP contribution in [0.2, 0.25) is 0 Å². The van der Waals surface area contributed by atoms with Crippen LogP contribution in [-0.2, 0) is 21.9 Å². The minimum Gasteiger partial charge on any atom is -0.748 e. The van der Waals surface area contributed by atoms with Gasteiger partial charge in [0, 0.05) is 35.2 Å². The van der Waals surface area contributed by atoms with Crippen LogP contribution in [0.25, 0.3) is 5.57 Å². The fourth-order valence-corrected chi connectivity index (χ4v) is 2.19. The van der Waals surface area contributed by atoms with Crippen LogP contribution in [0.15, 0.2) is 79.4 Å². The topological polar surface area (TPSA) is 66.4 Å². The summed E-state index contributed by atoms with van der Waals surface area (Å²) in [7, 11) is 0. The molecule has 0 aliphatic rings. The van der Waals surface area contributed by atoms with Gasteiger partial charge in [0.15, 0.2) is 0 Å². The largest absolute Gasteiger partial charge is 0.748 e. The first-order valence-electron chi connectivity index (χ1n) is 7.72. The first-order chi connectivity index (χ1) is 12.0. The van der Waals surface area contributed by atoms with E-state index in [1.165, 1.54) is 25.1 Å². The van der Waals surface area contributed by atoms with Crippen molar-refractivity contribution >= 4 is 23.0 Å². The molecule has 0 unspecified atom stereocenters. The SMILES string of the molecule is C=C(C(=O)c1cc(NC(C)=O)ccc1O)[c-]1cccc1.[Fe].[cH-]1[cH-][cH-][cH-][cH-]1. The van der Waals surface area contributed by atoms with Crippen molar-refractivity contribution in [3.63, 3.8) is 0 Å². The zero-order valence-corrected chi connectivity index (χ0v) is 15.4. The van der Waals surface area contributed by atoms with E-state index in [2.05, 4.69) is 11.9 Å². The Morgan fingerprint density at radius 3 is 2.12 bits per heavy atom. The Morgan fingerprint density at radius 1 is 1.08 bits per heavy atom. The number of allylic oxidation sites excluding steroid dienone is 1. The molecule has 3 aromatic rings. The maximum Gasteiger partial charge on any atom is 0.221 e. The second-order valence-electron chi connectivity index (χ2n) is 5.36. The summed E-state index contributed by atoms with van der Waals surface area (Å²) in [6, 6.07) is 21.5. The number of Topliss-reactive ketones (excluding diaryl/α,β-unsaturated/α-hetero) is 1. The van der Waals surface area contributed by atoms with Crippen LogP contribution < -0.4 is 5.32 Å². The number of aromatic hydroxyl groups is 1. The molecule has 0 saturated carbocycles. The van der Waals surface area contributed by atoms with Crippen LogP contribution in [0, 0.1) is 0 Å². The van der Waals surface area contributed by atoms with Crippen molar-refractivity contribution in [2.75, 3.05) is 5.32 Å². The molecule has 1 amide bonds. The van der Waals surface area contributed by atoms with Crippen LogP contribution in [0.1, 0.15) is 22.8 Å². The molecule has 2 N–H and O–H groups in total. The summed E-state index contributed by atoms with van der Waals surface area (Å²) in [6.45, 7) is 5.13. The van der Waals surface area contributed by atoms with Crippen LogP contribution in [0.3, 0.4) is 0 Å². The molecule has 4 nitrogen and oxygen atoms in total. The van der Waals surface area contributed by atoms with E-state index in [1.807, 2.05) is 30.3 Å². The van der Waals surface area contributed by atoms with Gasteiger partial charge in [-0.2, -0.15) is 18.7 Å². The fraction of sp³-hybridized carbons (Fsp3) is 0.0476. The van der Waals surface area contributed by atoms with E-state index in [4.69, 9.17) is 0 Å². The Kier molecular flexibility index (Phi) is 8.29. The molecule has 3 rings (SSSR count). The zero-order chi connectivity index (χ0) is 18.2. The standard InChI is InChI=1S/C16H14NO3.C5H5.Fe/c1-10(12-5-3-4-6-12)16(20)14-9-13(17-11(2)18)7-8-15(14)19;1-2-4-5-3-1;/h3-9,19H,1H2,2H3,(H,17,18);1-5H;/q-1;-5;. The van der Waals surface area contributed by atoms with Gasteiger partial charge in [-0.05, 0) is 18.2 Å². The molecule has 140 valence electrons. The minimum atomic E-state index is -0.374. The molecule has 26 heavy (non-hydrogen) atoms. The van der Waals surface area contributed by atoms with E-state index in [9.17, 15) is 14.7 Å². The van der Waals surface area contributed by atoms with Crippen molar-refractivity contribution in [1.29, 1.82) is 0 Å². The van der Waals surface area contributed by atoms with E-state index in [1.54, 1.807) is 24.3 Å². The maximum atomic E-state index is 12.3. The van der Waals surface area contributed by atoms with E-state index in [0.29, 0.717) is 16.8 Å². The number of amides is 1. The predicted octanol–water partition coefficient (Wildman–Crippen LogP) is 4.37. The number of benzene rings is 1.